The Bertz CT molecular complexity index is 815. The van der Waals surface area contributed by atoms with Crippen LogP contribution in [0, 0.1) is 11.3 Å². The molecule has 1 atom stereocenters. The largest absolute Gasteiger partial charge is 0.396 e. The van der Waals surface area contributed by atoms with Gasteiger partial charge < -0.3 is 15.2 Å². The predicted molar refractivity (Wildman–Crippen MR) is 98.8 cm³/mol. The van der Waals surface area contributed by atoms with Crippen molar-refractivity contribution in [1.82, 2.24) is 5.32 Å². The monoisotopic (exact) mass is 396 g/mol. The summed E-state index contributed by atoms with van der Waals surface area (Å²) in [6.07, 6.45) is 1.35. The van der Waals surface area contributed by atoms with E-state index in [1.54, 1.807) is 6.92 Å². The third-order valence-corrected chi connectivity index (χ3v) is 7.11. The fourth-order valence-corrected chi connectivity index (χ4v) is 5.22. The second-order valence-electron chi connectivity index (χ2n) is 7.28. The van der Waals surface area contributed by atoms with Gasteiger partial charge >= 0.3 is 0 Å². The van der Waals surface area contributed by atoms with Crippen molar-refractivity contribution in [3.63, 3.8) is 0 Å². The van der Waals surface area contributed by atoms with Gasteiger partial charge in [0.15, 0.2) is 0 Å². The lowest BCUT2D eigenvalue weighted by molar-refractivity contribution is -0.119. The number of rotatable bonds is 5. The van der Waals surface area contributed by atoms with Crippen LogP contribution in [0.1, 0.15) is 30.1 Å². The van der Waals surface area contributed by atoms with Crippen molar-refractivity contribution in [2.24, 2.45) is 11.3 Å². The molecule has 0 saturated carbocycles. The zero-order valence-electron chi connectivity index (χ0n) is 15.2. The SMILES string of the molecule is CC1CS(=O)(=O)N(c2ccc(C(=O)NCC3(CO)CCOCC3)cc2)C1=O. The number of aliphatic hydroxyl groups is 1. The standard InChI is InChI=1S/C18H24N2O6S/c1-13-10-27(24,25)20(17(13)23)15-4-2-14(3-5-15)16(22)19-11-18(12-21)6-8-26-9-7-18/h2-5,13,21H,6-12H2,1H3,(H,19,22). The molecule has 2 N–H and O–H groups in total. The third kappa shape index (κ3) is 3.99. The predicted octanol–water partition coefficient (Wildman–Crippen LogP) is 0.518. The molecule has 2 heterocycles. The van der Waals surface area contributed by atoms with Crippen LogP contribution in [0.3, 0.4) is 0 Å². The molecule has 2 aliphatic rings. The number of sulfonamides is 1. The van der Waals surface area contributed by atoms with Gasteiger partial charge in [-0.05, 0) is 37.1 Å². The van der Waals surface area contributed by atoms with E-state index < -0.39 is 21.8 Å². The summed E-state index contributed by atoms with van der Waals surface area (Å²) < 4.78 is 30.4. The van der Waals surface area contributed by atoms with Crippen LogP contribution >= 0.6 is 0 Å². The van der Waals surface area contributed by atoms with Crippen LogP contribution in [0.5, 0.6) is 0 Å². The summed E-state index contributed by atoms with van der Waals surface area (Å²) in [6.45, 7) is 3.01. The molecule has 0 bridgehead atoms. The number of hydrogen-bond donors (Lipinski definition) is 2. The Labute approximate surface area is 158 Å². The fraction of sp³-hybridized carbons (Fsp3) is 0.556. The topological polar surface area (TPSA) is 113 Å². The van der Waals surface area contributed by atoms with Crippen molar-refractivity contribution in [3.8, 4) is 0 Å². The average Bonchev–Trinajstić information content (AvgIpc) is 2.87. The third-order valence-electron chi connectivity index (χ3n) is 5.24. The van der Waals surface area contributed by atoms with E-state index in [-0.39, 0.29) is 29.4 Å². The van der Waals surface area contributed by atoms with Gasteiger partial charge in [0.1, 0.15) is 0 Å². The minimum Gasteiger partial charge on any atom is -0.396 e. The van der Waals surface area contributed by atoms with Crippen LogP contribution in [0.2, 0.25) is 0 Å². The fourth-order valence-electron chi connectivity index (χ4n) is 3.40. The average molecular weight is 396 g/mol. The van der Waals surface area contributed by atoms with Crippen LogP contribution in [0.25, 0.3) is 0 Å². The Hall–Kier alpha value is -1.97. The van der Waals surface area contributed by atoms with Crippen LogP contribution in [-0.2, 0) is 19.6 Å². The lowest BCUT2D eigenvalue weighted by Gasteiger charge is -2.35. The Balaban J connectivity index is 1.68. The highest BCUT2D eigenvalue weighted by atomic mass is 32.2. The summed E-state index contributed by atoms with van der Waals surface area (Å²) in [5, 5.41) is 12.5. The number of aliphatic hydroxyl groups excluding tert-OH is 1. The van der Waals surface area contributed by atoms with E-state index in [0.717, 1.165) is 4.31 Å². The molecule has 2 saturated heterocycles. The highest BCUT2D eigenvalue weighted by Gasteiger charge is 2.42. The number of ether oxygens (including phenoxy) is 1. The molecule has 2 aliphatic heterocycles. The van der Waals surface area contributed by atoms with Gasteiger partial charge in [-0.1, -0.05) is 6.92 Å². The van der Waals surface area contributed by atoms with E-state index in [2.05, 4.69) is 5.32 Å². The maximum absolute atomic E-state index is 12.4. The molecule has 0 aliphatic carbocycles. The van der Waals surface area contributed by atoms with Gasteiger partial charge in [-0.15, -0.1) is 0 Å². The number of hydrogen-bond acceptors (Lipinski definition) is 6. The molecule has 8 nitrogen and oxygen atoms in total. The van der Waals surface area contributed by atoms with Crippen LogP contribution in [-0.4, -0.2) is 57.5 Å². The maximum atomic E-state index is 12.4. The normalized spacial score (nSPS) is 24.0. The number of nitrogens with zero attached hydrogens (tertiary/aromatic N) is 1. The van der Waals surface area contributed by atoms with Crippen molar-refractivity contribution in [2.45, 2.75) is 19.8 Å². The van der Waals surface area contributed by atoms with Crippen molar-refractivity contribution in [1.29, 1.82) is 0 Å². The van der Waals surface area contributed by atoms with E-state index in [9.17, 15) is 23.1 Å². The van der Waals surface area contributed by atoms with E-state index in [1.807, 2.05) is 0 Å². The Morgan fingerprint density at radius 1 is 1.30 bits per heavy atom. The van der Waals surface area contributed by atoms with E-state index >= 15 is 0 Å². The van der Waals surface area contributed by atoms with Gasteiger partial charge in [0, 0.05) is 30.7 Å². The van der Waals surface area contributed by atoms with Crippen molar-refractivity contribution >= 4 is 27.5 Å². The van der Waals surface area contributed by atoms with Crippen molar-refractivity contribution < 1.29 is 27.9 Å². The summed E-state index contributed by atoms with van der Waals surface area (Å²) in [7, 11) is -3.66. The molecule has 0 aromatic heterocycles. The van der Waals surface area contributed by atoms with Gasteiger partial charge in [-0.25, -0.2) is 12.7 Å². The first kappa shape index (κ1) is 19.8. The highest BCUT2D eigenvalue weighted by molar-refractivity contribution is 7.94. The minimum atomic E-state index is -3.66. The molecule has 1 aromatic rings. The van der Waals surface area contributed by atoms with Gasteiger partial charge in [0.25, 0.3) is 5.91 Å². The summed E-state index contributed by atoms with van der Waals surface area (Å²) >= 11 is 0. The van der Waals surface area contributed by atoms with Crippen LogP contribution in [0.15, 0.2) is 24.3 Å². The number of carbonyl (C=O) groups excluding carboxylic acids is 2. The Morgan fingerprint density at radius 2 is 1.93 bits per heavy atom. The first-order valence-corrected chi connectivity index (χ1v) is 10.5. The first-order chi connectivity index (χ1) is 12.8. The molecule has 2 fully saturated rings. The Morgan fingerprint density at radius 3 is 2.44 bits per heavy atom. The second kappa shape index (κ2) is 7.57. The second-order valence-corrected chi connectivity index (χ2v) is 9.14. The lowest BCUT2D eigenvalue weighted by atomic mass is 9.81. The van der Waals surface area contributed by atoms with Gasteiger partial charge in [-0.3, -0.25) is 9.59 Å². The molecule has 148 valence electrons. The minimum absolute atomic E-state index is 0.0251. The van der Waals surface area contributed by atoms with Gasteiger partial charge in [0.2, 0.25) is 15.9 Å². The molecule has 2 amide bonds. The van der Waals surface area contributed by atoms with Crippen LogP contribution < -0.4 is 9.62 Å². The summed E-state index contributed by atoms with van der Waals surface area (Å²) in [5.74, 6) is -1.56. The first-order valence-electron chi connectivity index (χ1n) is 8.92. The van der Waals surface area contributed by atoms with Crippen LogP contribution in [0.4, 0.5) is 5.69 Å². The zero-order valence-corrected chi connectivity index (χ0v) is 16.0. The number of amides is 2. The smallest absolute Gasteiger partial charge is 0.251 e. The number of benzene rings is 1. The van der Waals surface area contributed by atoms with E-state index in [0.29, 0.717) is 38.2 Å². The number of nitrogens with one attached hydrogen (secondary N) is 1. The molecule has 9 heteroatoms. The van der Waals surface area contributed by atoms with Crippen molar-refractivity contribution in [2.75, 3.05) is 36.4 Å². The quantitative estimate of drug-likeness (QED) is 0.750. The molecule has 1 unspecified atom stereocenters. The summed E-state index contributed by atoms with van der Waals surface area (Å²) in [4.78, 5) is 24.5. The molecule has 27 heavy (non-hydrogen) atoms. The molecule has 0 radical (unpaired) electrons. The number of anilines is 1. The molecular formula is C18H24N2O6S. The maximum Gasteiger partial charge on any atom is 0.251 e. The van der Waals surface area contributed by atoms with Gasteiger partial charge in [0.05, 0.1) is 24.0 Å². The Kier molecular flexibility index (Phi) is 5.55. The van der Waals surface area contributed by atoms with E-state index in [4.69, 9.17) is 4.74 Å². The molecular weight excluding hydrogens is 372 g/mol. The zero-order chi connectivity index (χ0) is 19.7. The van der Waals surface area contributed by atoms with Crippen molar-refractivity contribution in [3.05, 3.63) is 29.8 Å². The lowest BCUT2D eigenvalue weighted by Crippen LogP contribution is -2.43. The van der Waals surface area contributed by atoms with E-state index in [1.165, 1.54) is 24.3 Å². The summed E-state index contributed by atoms with van der Waals surface area (Å²) in [6, 6.07) is 5.90. The molecule has 0 spiro atoms. The number of carbonyl (C=O) groups is 2. The molecule has 1 aromatic carbocycles. The van der Waals surface area contributed by atoms with Gasteiger partial charge in [-0.2, -0.15) is 0 Å². The summed E-state index contributed by atoms with van der Waals surface area (Å²) in [5.41, 5.74) is 0.216. The highest BCUT2D eigenvalue weighted by Crippen LogP contribution is 2.30. The molecule has 3 rings (SSSR count).